The molecule has 2 aromatic carbocycles. The zero-order valence-corrected chi connectivity index (χ0v) is 19.2. The number of aromatic nitrogens is 3. The quantitative estimate of drug-likeness (QED) is 0.428. The molecule has 0 saturated carbocycles. The SMILES string of the molecule is CN(C)C(=O)c1cccc(-c2cnc3sc(NCCc4ccc(S(N)(=O)=O)cc4)nn23)c1. The maximum atomic E-state index is 12.3. The third-order valence-electron chi connectivity index (χ3n) is 4.84. The van der Waals surface area contributed by atoms with E-state index in [9.17, 15) is 13.2 Å². The van der Waals surface area contributed by atoms with Crippen LogP contribution in [0, 0.1) is 0 Å². The van der Waals surface area contributed by atoms with E-state index in [4.69, 9.17) is 5.14 Å². The monoisotopic (exact) mass is 470 g/mol. The molecule has 11 heteroatoms. The average molecular weight is 471 g/mol. The van der Waals surface area contributed by atoms with Crippen molar-refractivity contribution in [3.05, 3.63) is 65.9 Å². The van der Waals surface area contributed by atoms with E-state index in [0.717, 1.165) is 26.9 Å². The number of primary sulfonamides is 1. The molecule has 0 bridgehead atoms. The number of nitrogens with zero attached hydrogens (tertiary/aromatic N) is 4. The van der Waals surface area contributed by atoms with E-state index < -0.39 is 10.0 Å². The van der Waals surface area contributed by atoms with Crippen LogP contribution in [0.5, 0.6) is 0 Å². The highest BCUT2D eigenvalue weighted by Crippen LogP contribution is 2.26. The molecule has 1 amide bonds. The fourth-order valence-electron chi connectivity index (χ4n) is 3.19. The Hall–Kier alpha value is -3.28. The van der Waals surface area contributed by atoms with Gasteiger partial charge in [-0.3, -0.25) is 4.79 Å². The van der Waals surface area contributed by atoms with Crippen molar-refractivity contribution in [2.45, 2.75) is 11.3 Å². The molecule has 2 heterocycles. The predicted octanol–water partition coefficient (Wildman–Crippen LogP) is 2.46. The summed E-state index contributed by atoms with van der Waals surface area (Å²) in [6, 6.07) is 13.9. The van der Waals surface area contributed by atoms with Gasteiger partial charge >= 0.3 is 0 Å². The van der Waals surface area contributed by atoms with Crippen LogP contribution in [-0.2, 0) is 16.4 Å². The number of imidazole rings is 1. The Morgan fingerprint density at radius 1 is 1.19 bits per heavy atom. The highest BCUT2D eigenvalue weighted by Gasteiger charge is 2.14. The number of carbonyl (C=O) groups is 1. The summed E-state index contributed by atoms with van der Waals surface area (Å²) in [7, 11) is -0.243. The van der Waals surface area contributed by atoms with Crippen LogP contribution in [0.1, 0.15) is 15.9 Å². The molecular weight excluding hydrogens is 448 g/mol. The first kappa shape index (κ1) is 21.9. The highest BCUT2D eigenvalue weighted by molar-refractivity contribution is 7.89. The van der Waals surface area contributed by atoms with E-state index >= 15 is 0 Å². The van der Waals surface area contributed by atoms with Gasteiger partial charge in [-0.15, -0.1) is 5.10 Å². The first-order valence-corrected chi connectivity index (χ1v) is 12.1. The van der Waals surface area contributed by atoms with Gasteiger partial charge in [-0.2, -0.15) is 0 Å². The van der Waals surface area contributed by atoms with Crippen molar-refractivity contribution in [3.8, 4) is 11.3 Å². The van der Waals surface area contributed by atoms with Gasteiger partial charge in [0.05, 0.1) is 16.8 Å². The molecule has 2 aromatic heterocycles. The third-order valence-corrected chi connectivity index (χ3v) is 6.65. The lowest BCUT2D eigenvalue weighted by atomic mass is 10.1. The van der Waals surface area contributed by atoms with E-state index in [1.807, 2.05) is 18.2 Å². The number of carbonyl (C=O) groups excluding carboxylic acids is 1. The lowest BCUT2D eigenvalue weighted by Gasteiger charge is -2.10. The first-order valence-electron chi connectivity index (χ1n) is 9.74. The highest BCUT2D eigenvalue weighted by atomic mass is 32.2. The van der Waals surface area contributed by atoms with Crippen LogP contribution in [0.2, 0.25) is 0 Å². The molecule has 0 atom stereocenters. The number of benzene rings is 2. The molecular formula is C21H22N6O3S2. The van der Waals surface area contributed by atoms with E-state index in [1.165, 1.54) is 23.5 Å². The number of nitrogens with two attached hydrogens (primary N) is 1. The lowest BCUT2D eigenvalue weighted by Crippen LogP contribution is -2.21. The number of nitrogens with one attached hydrogen (secondary N) is 1. The van der Waals surface area contributed by atoms with E-state index in [0.29, 0.717) is 18.5 Å². The normalized spacial score (nSPS) is 11.6. The number of amides is 1. The van der Waals surface area contributed by atoms with Crippen molar-refractivity contribution >= 4 is 37.4 Å². The van der Waals surface area contributed by atoms with Gasteiger partial charge in [-0.1, -0.05) is 35.6 Å². The molecule has 0 saturated heterocycles. The number of sulfonamides is 1. The van der Waals surface area contributed by atoms with Gasteiger partial charge < -0.3 is 10.2 Å². The number of fused-ring (bicyclic) bond motifs is 1. The second-order valence-corrected chi connectivity index (χ2v) is 9.91. The van der Waals surface area contributed by atoms with Crippen LogP contribution in [-0.4, -0.2) is 54.5 Å². The van der Waals surface area contributed by atoms with Crippen LogP contribution >= 0.6 is 11.3 Å². The van der Waals surface area contributed by atoms with E-state index in [1.54, 1.807) is 47.9 Å². The summed E-state index contributed by atoms with van der Waals surface area (Å²) in [5.74, 6) is -0.0645. The number of rotatable bonds is 7. The largest absolute Gasteiger partial charge is 0.360 e. The number of hydrogen-bond acceptors (Lipinski definition) is 7. The van der Waals surface area contributed by atoms with Crippen LogP contribution in [0.4, 0.5) is 5.13 Å². The molecule has 0 aliphatic heterocycles. The summed E-state index contributed by atoms with van der Waals surface area (Å²) < 4.78 is 24.4. The minimum absolute atomic E-state index is 0.0645. The fraction of sp³-hybridized carbons (Fsp3) is 0.190. The van der Waals surface area contributed by atoms with Gasteiger partial charge in [0.2, 0.25) is 20.1 Å². The molecule has 0 radical (unpaired) electrons. The van der Waals surface area contributed by atoms with Gasteiger partial charge in [0.1, 0.15) is 0 Å². The Balaban J connectivity index is 1.47. The predicted molar refractivity (Wildman–Crippen MR) is 124 cm³/mol. The standard InChI is InChI=1S/C21H22N6O3S2/c1-26(2)19(28)16-5-3-4-15(12-16)18-13-24-21-27(18)25-20(31-21)23-11-10-14-6-8-17(9-7-14)32(22,29)30/h3-9,12-13H,10-11H2,1-2H3,(H,23,25)(H2,22,29,30). The summed E-state index contributed by atoms with van der Waals surface area (Å²) in [5, 5.41) is 13.7. The van der Waals surface area contributed by atoms with Crippen molar-refractivity contribution in [2.75, 3.05) is 26.0 Å². The molecule has 4 rings (SSSR count). The van der Waals surface area contributed by atoms with Gasteiger partial charge in [-0.25, -0.2) is 23.1 Å². The maximum absolute atomic E-state index is 12.3. The van der Waals surface area contributed by atoms with Crippen molar-refractivity contribution in [1.29, 1.82) is 0 Å². The first-order chi connectivity index (χ1) is 15.2. The number of hydrogen-bond donors (Lipinski definition) is 2. The molecule has 0 aliphatic rings. The zero-order chi connectivity index (χ0) is 22.9. The Bertz CT molecular complexity index is 1370. The summed E-state index contributed by atoms with van der Waals surface area (Å²) in [6.45, 7) is 0.619. The maximum Gasteiger partial charge on any atom is 0.253 e. The van der Waals surface area contributed by atoms with Crippen molar-refractivity contribution < 1.29 is 13.2 Å². The lowest BCUT2D eigenvalue weighted by molar-refractivity contribution is 0.0827. The smallest absolute Gasteiger partial charge is 0.253 e. The molecule has 3 N–H and O–H groups in total. The molecule has 166 valence electrons. The minimum atomic E-state index is -3.69. The second kappa shape index (κ2) is 8.69. The van der Waals surface area contributed by atoms with Crippen molar-refractivity contribution in [1.82, 2.24) is 19.5 Å². The zero-order valence-electron chi connectivity index (χ0n) is 17.5. The van der Waals surface area contributed by atoms with Crippen molar-refractivity contribution in [3.63, 3.8) is 0 Å². The molecule has 32 heavy (non-hydrogen) atoms. The summed E-state index contributed by atoms with van der Waals surface area (Å²) in [5.41, 5.74) is 3.24. The molecule has 0 spiro atoms. The Morgan fingerprint density at radius 3 is 2.62 bits per heavy atom. The van der Waals surface area contributed by atoms with Gasteiger partial charge in [0, 0.05) is 31.8 Å². The average Bonchev–Trinajstić information content (AvgIpc) is 3.33. The minimum Gasteiger partial charge on any atom is -0.360 e. The second-order valence-electron chi connectivity index (χ2n) is 7.39. The summed E-state index contributed by atoms with van der Waals surface area (Å²) >= 11 is 1.43. The van der Waals surface area contributed by atoms with E-state index in [2.05, 4.69) is 15.4 Å². The van der Waals surface area contributed by atoms with Crippen LogP contribution in [0.3, 0.4) is 0 Å². The molecule has 9 nitrogen and oxygen atoms in total. The summed E-state index contributed by atoms with van der Waals surface area (Å²) in [4.78, 5) is 19.1. The van der Waals surface area contributed by atoms with Gasteiger partial charge in [0.15, 0.2) is 0 Å². The van der Waals surface area contributed by atoms with Gasteiger partial charge in [0.25, 0.3) is 5.91 Å². The fourth-order valence-corrected chi connectivity index (χ4v) is 4.51. The van der Waals surface area contributed by atoms with Crippen LogP contribution in [0.15, 0.2) is 59.6 Å². The van der Waals surface area contributed by atoms with E-state index in [-0.39, 0.29) is 10.8 Å². The van der Waals surface area contributed by atoms with Crippen LogP contribution < -0.4 is 10.5 Å². The Labute approximate surface area is 189 Å². The topological polar surface area (TPSA) is 123 Å². The van der Waals surface area contributed by atoms with Gasteiger partial charge in [-0.05, 0) is 36.2 Å². The Kier molecular flexibility index (Phi) is 5.96. The number of anilines is 1. The molecule has 0 fully saturated rings. The summed E-state index contributed by atoms with van der Waals surface area (Å²) in [6.07, 6.45) is 2.43. The molecule has 0 unspecified atom stereocenters. The molecule has 4 aromatic rings. The third kappa shape index (κ3) is 4.64. The van der Waals surface area contributed by atoms with Crippen LogP contribution in [0.25, 0.3) is 16.2 Å². The molecule has 0 aliphatic carbocycles. The van der Waals surface area contributed by atoms with Crippen molar-refractivity contribution in [2.24, 2.45) is 5.14 Å². The Morgan fingerprint density at radius 2 is 1.94 bits per heavy atom.